The molecule has 90 valence electrons. The summed E-state index contributed by atoms with van der Waals surface area (Å²) in [4.78, 5) is 9.91. The second kappa shape index (κ2) is 5.36. The van der Waals surface area contributed by atoms with Crippen LogP contribution < -0.4 is 0 Å². The largest absolute Gasteiger partial charge is 0.394 e. The molecule has 0 bridgehead atoms. The van der Waals surface area contributed by atoms with Crippen molar-refractivity contribution >= 4 is 5.69 Å². The van der Waals surface area contributed by atoms with Gasteiger partial charge in [0.15, 0.2) is 0 Å². The molecule has 2 unspecified atom stereocenters. The van der Waals surface area contributed by atoms with Gasteiger partial charge in [-0.25, -0.2) is 0 Å². The Morgan fingerprint density at radius 3 is 2.59 bits per heavy atom. The van der Waals surface area contributed by atoms with Gasteiger partial charge in [-0.05, 0) is 11.6 Å². The maximum Gasteiger partial charge on any atom is 0.287 e. The molecule has 1 aromatic rings. The van der Waals surface area contributed by atoms with Gasteiger partial charge < -0.3 is 15.3 Å². The molecular weight excluding hydrogens is 228 g/mol. The Balaban J connectivity index is 3.17. The van der Waals surface area contributed by atoms with Crippen LogP contribution in [0.1, 0.15) is 17.2 Å². The van der Waals surface area contributed by atoms with Crippen molar-refractivity contribution < 1.29 is 20.2 Å². The lowest BCUT2D eigenvalue weighted by Crippen LogP contribution is -2.22. The zero-order chi connectivity index (χ0) is 13.0. The fourth-order valence-corrected chi connectivity index (χ4v) is 1.30. The molecule has 1 aromatic carbocycles. The maximum atomic E-state index is 10.7. The first-order chi connectivity index (χ1) is 8.01. The van der Waals surface area contributed by atoms with Crippen molar-refractivity contribution in [2.75, 3.05) is 6.61 Å². The first kappa shape index (κ1) is 13.1. The zero-order valence-corrected chi connectivity index (χ0v) is 8.65. The van der Waals surface area contributed by atoms with Gasteiger partial charge in [-0.3, -0.25) is 10.1 Å². The highest BCUT2D eigenvalue weighted by Crippen LogP contribution is 2.25. The molecule has 0 aliphatic rings. The summed E-state index contributed by atoms with van der Waals surface area (Å²) >= 11 is 0. The molecule has 3 N–H and O–H groups in total. The summed E-state index contributed by atoms with van der Waals surface area (Å²) in [5.74, 6) is 0. The number of nitriles is 1. The average Bonchev–Trinajstić information content (AvgIpc) is 2.35. The van der Waals surface area contributed by atoms with Crippen LogP contribution in [0.5, 0.6) is 0 Å². The van der Waals surface area contributed by atoms with Crippen LogP contribution in [0.25, 0.3) is 0 Å². The summed E-state index contributed by atoms with van der Waals surface area (Å²) in [7, 11) is 0. The lowest BCUT2D eigenvalue weighted by Gasteiger charge is -2.15. The Bertz CT molecular complexity index is 468. The molecule has 7 heteroatoms. The number of nitrogens with zero attached hydrogens (tertiary/aromatic N) is 2. The summed E-state index contributed by atoms with van der Waals surface area (Å²) in [6, 6.07) is 5.12. The van der Waals surface area contributed by atoms with Gasteiger partial charge in [0, 0.05) is 6.07 Å². The van der Waals surface area contributed by atoms with Crippen molar-refractivity contribution in [1.82, 2.24) is 0 Å². The summed E-state index contributed by atoms with van der Waals surface area (Å²) in [6.07, 6.45) is -2.87. The minimum absolute atomic E-state index is 0.0669. The van der Waals surface area contributed by atoms with Gasteiger partial charge in [0.05, 0.1) is 11.5 Å². The smallest absolute Gasteiger partial charge is 0.287 e. The normalized spacial score (nSPS) is 13.8. The highest BCUT2D eigenvalue weighted by Gasteiger charge is 2.22. The molecule has 0 aromatic heterocycles. The van der Waals surface area contributed by atoms with E-state index in [0.717, 1.165) is 6.07 Å². The first-order valence-electron chi connectivity index (χ1n) is 4.66. The second-order valence-electron chi connectivity index (χ2n) is 3.34. The average molecular weight is 238 g/mol. The van der Waals surface area contributed by atoms with Crippen LogP contribution in [-0.2, 0) is 0 Å². The lowest BCUT2D eigenvalue weighted by atomic mass is 10.0. The molecule has 0 aliphatic carbocycles. The number of rotatable bonds is 4. The maximum absolute atomic E-state index is 10.7. The Morgan fingerprint density at radius 1 is 1.47 bits per heavy atom. The summed E-state index contributed by atoms with van der Waals surface area (Å²) in [5.41, 5.74) is -0.518. The van der Waals surface area contributed by atoms with Crippen LogP contribution in [0.3, 0.4) is 0 Å². The van der Waals surface area contributed by atoms with Crippen molar-refractivity contribution in [3.8, 4) is 6.07 Å². The molecule has 0 spiro atoms. The highest BCUT2D eigenvalue weighted by atomic mass is 16.6. The van der Waals surface area contributed by atoms with Gasteiger partial charge in [-0.2, -0.15) is 5.26 Å². The van der Waals surface area contributed by atoms with Crippen LogP contribution in [0.4, 0.5) is 5.69 Å². The number of hydrogen-bond donors (Lipinski definition) is 3. The van der Waals surface area contributed by atoms with Crippen LogP contribution in [0.2, 0.25) is 0 Å². The van der Waals surface area contributed by atoms with Gasteiger partial charge >= 0.3 is 0 Å². The monoisotopic (exact) mass is 238 g/mol. The molecule has 2 atom stereocenters. The van der Waals surface area contributed by atoms with Crippen molar-refractivity contribution in [3.05, 3.63) is 39.4 Å². The van der Waals surface area contributed by atoms with Gasteiger partial charge in [0.2, 0.25) is 0 Å². The number of benzene rings is 1. The number of aliphatic hydroxyl groups excluding tert-OH is 3. The Labute approximate surface area is 96.3 Å². The van der Waals surface area contributed by atoms with Crippen LogP contribution in [-0.4, -0.2) is 33.0 Å². The molecule has 0 saturated heterocycles. The third-order valence-electron chi connectivity index (χ3n) is 2.23. The van der Waals surface area contributed by atoms with E-state index in [4.69, 9.17) is 10.4 Å². The van der Waals surface area contributed by atoms with E-state index in [0.29, 0.717) is 0 Å². The minimum Gasteiger partial charge on any atom is -0.394 e. The van der Waals surface area contributed by atoms with Crippen LogP contribution >= 0.6 is 0 Å². The minimum atomic E-state index is -1.44. The van der Waals surface area contributed by atoms with E-state index >= 15 is 0 Å². The van der Waals surface area contributed by atoms with Gasteiger partial charge in [-0.1, -0.05) is 6.07 Å². The Hall–Kier alpha value is -2.01. The van der Waals surface area contributed by atoms with E-state index in [1.165, 1.54) is 12.1 Å². The van der Waals surface area contributed by atoms with E-state index in [1.807, 2.05) is 0 Å². The fraction of sp³-hybridized carbons (Fsp3) is 0.300. The Morgan fingerprint density at radius 2 is 2.12 bits per heavy atom. The van der Waals surface area contributed by atoms with E-state index in [9.17, 15) is 20.3 Å². The third-order valence-corrected chi connectivity index (χ3v) is 2.23. The standard InChI is InChI=1S/C10H10N2O5/c11-4-7-2-1-6(3-8(7)12(16)17)10(15)9(14)5-13/h1-3,9-10,13-15H,5H2. The molecule has 0 heterocycles. The number of hydrogen-bond acceptors (Lipinski definition) is 6. The summed E-state index contributed by atoms with van der Waals surface area (Å²) in [6.45, 7) is -0.672. The Kier molecular flexibility index (Phi) is 4.12. The predicted molar refractivity (Wildman–Crippen MR) is 55.9 cm³/mol. The molecular formula is C10H10N2O5. The van der Waals surface area contributed by atoms with Gasteiger partial charge in [0.1, 0.15) is 23.8 Å². The summed E-state index contributed by atoms with van der Waals surface area (Å²) < 4.78 is 0. The van der Waals surface area contributed by atoms with Crippen molar-refractivity contribution in [2.24, 2.45) is 0 Å². The molecule has 17 heavy (non-hydrogen) atoms. The van der Waals surface area contributed by atoms with Crippen molar-refractivity contribution in [2.45, 2.75) is 12.2 Å². The van der Waals surface area contributed by atoms with Crippen molar-refractivity contribution in [3.63, 3.8) is 0 Å². The van der Waals surface area contributed by atoms with Gasteiger partial charge in [0.25, 0.3) is 5.69 Å². The van der Waals surface area contributed by atoms with Crippen LogP contribution in [0, 0.1) is 21.4 Å². The summed E-state index contributed by atoms with van der Waals surface area (Å²) in [5, 5.41) is 46.7. The molecule has 0 fully saturated rings. The third kappa shape index (κ3) is 2.76. The topological polar surface area (TPSA) is 128 Å². The fourth-order valence-electron chi connectivity index (χ4n) is 1.30. The van der Waals surface area contributed by atoms with E-state index in [1.54, 1.807) is 6.07 Å². The predicted octanol–water partition coefficient (Wildman–Crippen LogP) is -0.147. The SMILES string of the molecule is N#Cc1ccc(C(O)C(O)CO)cc1[N+](=O)[O-]. The number of nitro benzene ring substituents is 1. The van der Waals surface area contributed by atoms with Gasteiger partial charge in [-0.15, -0.1) is 0 Å². The van der Waals surface area contributed by atoms with E-state index < -0.39 is 29.4 Å². The molecule has 0 radical (unpaired) electrons. The first-order valence-corrected chi connectivity index (χ1v) is 4.66. The van der Waals surface area contributed by atoms with Crippen LogP contribution in [0.15, 0.2) is 18.2 Å². The quantitative estimate of drug-likeness (QED) is 0.494. The molecule has 0 aliphatic heterocycles. The number of aliphatic hydroxyl groups is 3. The molecule has 0 amide bonds. The van der Waals surface area contributed by atoms with Crippen molar-refractivity contribution in [1.29, 1.82) is 5.26 Å². The lowest BCUT2D eigenvalue weighted by molar-refractivity contribution is -0.385. The van der Waals surface area contributed by atoms with E-state index in [-0.39, 0.29) is 11.1 Å². The second-order valence-corrected chi connectivity index (χ2v) is 3.34. The highest BCUT2D eigenvalue weighted by molar-refractivity contribution is 5.50. The molecule has 1 rings (SSSR count). The van der Waals surface area contributed by atoms with E-state index in [2.05, 4.69) is 0 Å². The zero-order valence-electron chi connectivity index (χ0n) is 8.65. The molecule has 7 nitrogen and oxygen atoms in total. The number of nitro groups is 1. The molecule has 0 saturated carbocycles.